The molecule has 106 valence electrons. The highest BCUT2D eigenvalue weighted by Gasteiger charge is 2.13. The monoisotopic (exact) mass is 319 g/mol. The van der Waals surface area contributed by atoms with Gasteiger partial charge in [0.1, 0.15) is 0 Å². The number of benzene rings is 1. The lowest BCUT2D eigenvalue weighted by Crippen LogP contribution is -2.41. The molecule has 7 heteroatoms. The lowest BCUT2D eigenvalue weighted by atomic mass is 10.2. The number of hydrogen-bond acceptors (Lipinski definition) is 3. The Bertz CT molecular complexity index is 824. The summed E-state index contributed by atoms with van der Waals surface area (Å²) < 4.78 is 0.517. The molecule has 0 bridgehead atoms. The Hall–Kier alpha value is -2.31. The molecular formula is C14H10ClN3O2S. The molecule has 0 unspecified atom stereocenters. The number of carbonyl (C=O) groups is 2. The fourth-order valence-corrected chi connectivity index (χ4v) is 2.88. The van der Waals surface area contributed by atoms with Crippen LogP contribution in [-0.2, 0) is 0 Å². The Kier molecular flexibility index (Phi) is 3.64. The Balaban J connectivity index is 1.71. The third kappa shape index (κ3) is 2.76. The standard InChI is InChI=1S/C14H10ClN3O2S/c15-12-6-5-11(21-12)14(20)18-17-13(19)9-7-16-10-4-2-1-3-8(9)10/h1-7,16H,(H,17,19)(H,18,20). The van der Waals surface area contributed by atoms with Crippen molar-refractivity contribution in [2.45, 2.75) is 0 Å². The fourth-order valence-electron chi connectivity index (χ4n) is 1.94. The van der Waals surface area contributed by atoms with Gasteiger partial charge in [-0.1, -0.05) is 29.8 Å². The summed E-state index contributed by atoms with van der Waals surface area (Å²) in [5.41, 5.74) is 6.08. The maximum atomic E-state index is 12.1. The molecule has 0 atom stereocenters. The van der Waals surface area contributed by atoms with E-state index in [0.29, 0.717) is 14.8 Å². The molecule has 0 saturated heterocycles. The van der Waals surface area contributed by atoms with Crippen LogP contribution in [0.5, 0.6) is 0 Å². The molecule has 2 aromatic heterocycles. The minimum atomic E-state index is -0.403. The molecule has 2 amide bonds. The van der Waals surface area contributed by atoms with Crippen LogP contribution in [-0.4, -0.2) is 16.8 Å². The number of fused-ring (bicyclic) bond motifs is 1. The minimum Gasteiger partial charge on any atom is -0.360 e. The van der Waals surface area contributed by atoms with Crippen molar-refractivity contribution in [3.05, 3.63) is 57.4 Å². The molecule has 0 saturated carbocycles. The number of halogens is 1. The molecule has 3 N–H and O–H groups in total. The fraction of sp³-hybridized carbons (Fsp3) is 0. The van der Waals surface area contributed by atoms with Crippen LogP contribution in [0.1, 0.15) is 20.0 Å². The van der Waals surface area contributed by atoms with Crippen molar-refractivity contribution in [1.82, 2.24) is 15.8 Å². The van der Waals surface area contributed by atoms with Gasteiger partial charge in [-0.2, -0.15) is 0 Å². The normalized spacial score (nSPS) is 10.5. The van der Waals surface area contributed by atoms with Gasteiger partial charge in [-0.25, -0.2) is 0 Å². The molecule has 0 aliphatic heterocycles. The van der Waals surface area contributed by atoms with Crippen LogP contribution in [0.25, 0.3) is 10.9 Å². The van der Waals surface area contributed by atoms with E-state index in [-0.39, 0.29) is 5.91 Å². The zero-order chi connectivity index (χ0) is 14.8. The number of amides is 2. The zero-order valence-electron chi connectivity index (χ0n) is 10.6. The largest absolute Gasteiger partial charge is 0.360 e. The van der Waals surface area contributed by atoms with Crippen LogP contribution < -0.4 is 10.9 Å². The predicted octanol–water partition coefficient (Wildman–Crippen LogP) is 2.96. The number of para-hydroxylation sites is 1. The first kappa shape index (κ1) is 13.7. The average molecular weight is 320 g/mol. The summed E-state index contributed by atoms with van der Waals surface area (Å²) in [6, 6.07) is 10.7. The van der Waals surface area contributed by atoms with Gasteiger partial charge in [0.25, 0.3) is 11.8 Å². The van der Waals surface area contributed by atoms with E-state index in [4.69, 9.17) is 11.6 Å². The van der Waals surface area contributed by atoms with Crippen LogP contribution in [0.15, 0.2) is 42.6 Å². The molecule has 2 heterocycles. The predicted molar refractivity (Wildman–Crippen MR) is 82.6 cm³/mol. The van der Waals surface area contributed by atoms with Crippen molar-refractivity contribution in [2.24, 2.45) is 0 Å². The van der Waals surface area contributed by atoms with E-state index in [9.17, 15) is 9.59 Å². The van der Waals surface area contributed by atoms with E-state index in [1.165, 1.54) is 0 Å². The third-order valence-corrected chi connectivity index (χ3v) is 4.15. The number of nitrogens with one attached hydrogen (secondary N) is 3. The van der Waals surface area contributed by atoms with Gasteiger partial charge in [-0.15, -0.1) is 11.3 Å². The summed E-state index contributed by atoms with van der Waals surface area (Å²) in [5, 5.41) is 0.795. The SMILES string of the molecule is O=C(NNC(=O)c1c[nH]c2ccccc12)c1ccc(Cl)s1. The Morgan fingerprint density at radius 3 is 2.57 bits per heavy atom. The van der Waals surface area contributed by atoms with Crippen molar-refractivity contribution < 1.29 is 9.59 Å². The van der Waals surface area contributed by atoms with Crippen molar-refractivity contribution in [2.75, 3.05) is 0 Å². The van der Waals surface area contributed by atoms with E-state index < -0.39 is 5.91 Å². The number of hydrogen-bond donors (Lipinski definition) is 3. The van der Waals surface area contributed by atoms with Crippen molar-refractivity contribution in [3.63, 3.8) is 0 Å². The third-order valence-electron chi connectivity index (χ3n) is 2.92. The van der Waals surface area contributed by atoms with Gasteiger partial charge in [0.15, 0.2) is 0 Å². The second-order valence-electron chi connectivity index (χ2n) is 4.26. The highest BCUT2D eigenvalue weighted by molar-refractivity contribution is 7.17. The molecule has 3 aromatic rings. The van der Waals surface area contributed by atoms with E-state index >= 15 is 0 Å². The number of H-pyrrole nitrogens is 1. The molecule has 0 aliphatic rings. The Morgan fingerprint density at radius 2 is 1.81 bits per heavy atom. The van der Waals surface area contributed by atoms with Crippen LogP contribution in [0, 0.1) is 0 Å². The first-order chi connectivity index (χ1) is 10.1. The van der Waals surface area contributed by atoms with Crippen molar-refractivity contribution in [3.8, 4) is 0 Å². The van der Waals surface area contributed by atoms with Gasteiger partial charge in [0.05, 0.1) is 14.8 Å². The van der Waals surface area contributed by atoms with E-state index in [0.717, 1.165) is 22.2 Å². The van der Waals surface area contributed by atoms with E-state index in [1.54, 1.807) is 18.3 Å². The summed E-state index contributed by atoms with van der Waals surface area (Å²) >= 11 is 6.90. The molecule has 3 rings (SSSR count). The number of rotatable bonds is 2. The van der Waals surface area contributed by atoms with Gasteiger partial charge in [-0.3, -0.25) is 20.4 Å². The van der Waals surface area contributed by atoms with Gasteiger partial charge in [-0.05, 0) is 18.2 Å². The summed E-state index contributed by atoms with van der Waals surface area (Å²) in [7, 11) is 0. The first-order valence-electron chi connectivity index (χ1n) is 6.07. The summed E-state index contributed by atoms with van der Waals surface area (Å²) in [6.07, 6.45) is 1.61. The lowest BCUT2D eigenvalue weighted by Gasteiger charge is -2.05. The first-order valence-corrected chi connectivity index (χ1v) is 7.27. The van der Waals surface area contributed by atoms with Crippen LogP contribution in [0.3, 0.4) is 0 Å². The number of aromatic amines is 1. The van der Waals surface area contributed by atoms with Crippen molar-refractivity contribution >= 4 is 45.7 Å². The number of hydrazine groups is 1. The van der Waals surface area contributed by atoms with Gasteiger partial charge in [0.2, 0.25) is 0 Å². The Morgan fingerprint density at radius 1 is 1.05 bits per heavy atom. The minimum absolute atomic E-state index is 0.386. The van der Waals surface area contributed by atoms with Gasteiger partial charge < -0.3 is 4.98 Å². The molecule has 0 radical (unpaired) electrons. The van der Waals surface area contributed by atoms with E-state index in [1.807, 2.05) is 24.3 Å². The number of aromatic nitrogens is 1. The highest BCUT2D eigenvalue weighted by Crippen LogP contribution is 2.21. The van der Waals surface area contributed by atoms with Crippen LogP contribution in [0.4, 0.5) is 0 Å². The molecular weight excluding hydrogens is 310 g/mol. The second kappa shape index (κ2) is 5.59. The second-order valence-corrected chi connectivity index (χ2v) is 5.98. The molecule has 1 aromatic carbocycles. The highest BCUT2D eigenvalue weighted by atomic mass is 35.5. The maximum absolute atomic E-state index is 12.1. The summed E-state index contributed by atoms with van der Waals surface area (Å²) in [4.78, 5) is 27.3. The molecule has 0 spiro atoms. The quantitative estimate of drug-likeness (QED) is 0.635. The van der Waals surface area contributed by atoms with Crippen molar-refractivity contribution in [1.29, 1.82) is 0 Å². The molecule has 0 fully saturated rings. The molecule has 21 heavy (non-hydrogen) atoms. The topological polar surface area (TPSA) is 74.0 Å². The van der Waals surface area contributed by atoms with Crippen LogP contribution in [0.2, 0.25) is 4.34 Å². The zero-order valence-corrected chi connectivity index (χ0v) is 12.2. The van der Waals surface area contributed by atoms with Gasteiger partial charge in [0, 0.05) is 17.1 Å². The lowest BCUT2D eigenvalue weighted by molar-refractivity contribution is 0.0850. The summed E-state index contributed by atoms with van der Waals surface area (Å²) in [5.74, 6) is -0.788. The van der Waals surface area contributed by atoms with Crippen LogP contribution >= 0.6 is 22.9 Å². The smallest absolute Gasteiger partial charge is 0.279 e. The summed E-state index contributed by atoms with van der Waals surface area (Å²) in [6.45, 7) is 0. The Labute approximate surface area is 128 Å². The average Bonchev–Trinajstić information content (AvgIpc) is 3.10. The number of carbonyl (C=O) groups excluding carboxylic acids is 2. The molecule has 5 nitrogen and oxygen atoms in total. The van der Waals surface area contributed by atoms with E-state index in [2.05, 4.69) is 15.8 Å². The maximum Gasteiger partial charge on any atom is 0.279 e. The van der Waals surface area contributed by atoms with Gasteiger partial charge >= 0.3 is 0 Å². The number of thiophene rings is 1. The molecule has 0 aliphatic carbocycles.